The van der Waals surface area contributed by atoms with Crippen LogP contribution in [-0.4, -0.2) is 31.9 Å². The lowest BCUT2D eigenvalue weighted by Gasteiger charge is -2.11. The van der Waals surface area contributed by atoms with Crippen LogP contribution in [0.15, 0.2) is 47.6 Å². The van der Waals surface area contributed by atoms with E-state index in [0.29, 0.717) is 24.7 Å². The number of amides is 1. The number of benzene rings is 2. The van der Waals surface area contributed by atoms with Crippen LogP contribution in [0.25, 0.3) is 0 Å². The van der Waals surface area contributed by atoms with Crippen LogP contribution in [0.3, 0.4) is 0 Å². The van der Waals surface area contributed by atoms with Crippen molar-refractivity contribution < 1.29 is 19.0 Å². The second-order valence-electron chi connectivity index (χ2n) is 5.93. The van der Waals surface area contributed by atoms with Crippen molar-refractivity contribution in [3.8, 4) is 17.2 Å². The van der Waals surface area contributed by atoms with Gasteiger partial charge < -0.3 is 14.2 Å². The molecule has 1 amide bonds. The van der Waals surface area contributed by atoms with Crippen LogP contribution in [0.4, 0.5) is 0 Å². The molecule has 0 radical (unpaired) electrons. The lowest BCUT2D eigenvalue weighted by molar-refractivity contribution is -0.123. The summed E-state index contributed by atoms with van der Waals surface area (Å²) in [6.07, 6.45) is 3.38. The lowest BCUT2D eigenvalue weighted by Crippen LogP contribution is -2.24. The lowest BCUT2D eigenvalue weighted by atomic mass is 10.2. The molecule has 7 heteroatoms. The molecule has 0 aliphatic carbocycles. The number of carbonyl (C=O) groups excluding carboxylic acids is 1. The molecule has 0 aliphatic heterocycles. The van der Waals surface area contributed by atoms with Gasteiger partial charge in [-0.05, 0) is 71.8 Å². The number of carbonyl (C=O) groups is 1. The van der Waals surface area contributed by atoms with E-state index in [1.165, 1.54) is 0 Å². The Morgan fingerprint density at radius 3 is 2.39 bits per heavy atom. The maximum atomic E-state index is 11.9. The number of nitrogens with zero attached hydrogens (tertiary/aromatic N) is 1. The Kier molecular flexibility index (Phi) is 9.61. The van der Waals surface area contributed by atoms with Gasteiger partial charge >= 0.3 is 0 Å². The summed E-state index contributed by atoms with van der Waals surface area (Å²) in [6, 6.07) is 13.0. The van der Waals surface area contributed by atoms with Crippen LogP contribution in [0.5, 0.6) is 17.2 Å². The molecule has 28 heavy (non-hydrogen) atoms. The Bertz CT molecular complexity index is 778. The average molecular weight is 496 g/mol. The normalized spacial score (nSPS) is 10.7. The van der Waals surface area contributed by atoms with Gasteiger partial charge in [0.1, 0.15) is 17.2 Å². The molecule has 0 saturated carbocycles. The summed E-state index contributed by atoms with van der Waals surface area (Å²) < 4.78 is 17.9. The summed E-state index contributed by atoms with van der Waals surface area (Å²) in [7, 11) is 0. The third-order valence-corrected chi connectivity index (χ3v) is 4.22. The van der Waals surface area contributed by atoms with Gasteiger partial charge in [-0.25, -0.2) is 5.43 Å². The average Bonchev–Trinajstić information content (AvgIpc) is 2.71. The third-order valence-electron chi connectivity index (χ3n) is 3.50. The SMILES string of the molecule is CCCOc1ccc(/C=N\NC(=O)COc2ccc(I)cc2)c(OCCC)c1. The number of ether oxygens (including phenoxy) is 3. The van der Waals surface area contributed by atoms with E-state index in [9.17, 15) is 4.79 Å². The van der Waals surface area contributed by atoms with E-state index in [0.717, 1.165) is 27.7 Å². The van der Waals surface area contributed by atoms with Crippen molar-refractivity contribution in [2.24, 2.45) is 5.10 Å². The minimum atomic E-state index is -0.339. The third kappa shape index (κ3) is 7.75. The van der Waals surface area contributed by atoms with E-state index in [1.54, 1.807) is 6.21 Å². The van der Waals surface area contributed by atoms with Crippen molar-refractivity contribution in [1.29, 1.82) is 0 Å². The molecule has 2 aromatic rings. The van der Waals surface area contributed by atoms with Gasteiger partial charge in [0.25, 0.3) is 5.91 Å². The number of nitrogens with one attached hydrogen (secondary N) is 1. The van der Waals surface area contributed by atoms with Gasteiger partial charge in [0, 0.05) is 15.2 Å². The molecule has 2 rings (SSSR count). The fourth-order valence-electron chi connectivity index (χ4n) is 2.15. The molecular formula is C21H25IN2O4. The Morgan fingerprint density at radius 1 is 1.00 bits per heavy atom. The van der Waals surface area contributed by atoms with E-state index in [1.807, 2.05) is 49.4 Å². The molecule has 0 unspecified atom stereocenters. The maximum Gasteiger partial charge on any atom is 0.277 e. The molecule has 0 heterocycles. The molecule has 0 bridgehead atoms. The minimum absolute atomic E-state index is 0.110. The zero-order valence-corrected chi connectivity index (χ0v) is 18.3. The standard InChI is InChI=1S/C21H25IN2O4/c1-3-11-26-19-8-5-16(20(13-19)27-12-4-2)14-23-24-21(25)15-28-18-9-6-17(22)7-10-18/h5-10,13-14H,3-4,11-12,15H2,1-2H3,(H,24,25)/b23-14-. The Balaban J connectivity index is 1.91. The van der Waals surface area contributed by atoms with Crippen LogP contribution in [0.2, 0.25) is 0 Å². The van der Waals surface area contributed by atoms with Crippen LogP contribution < -0.4 is 19.6 Å². The quantitative estimate of drug-likeness (QED) is 0.285. The number of hydrogen-bond acceptors (Lipinski definition) is 5. The minimum Gasteiger partial charge on any atom is -0.493 e. The molecule has 6 nitrogen and oxygen atoms in total. The van der Waals surface area contributed by atoms with Gasteiger partial charge in [-0.15, -0.1) is 0 Å². The Labute approximate surface area is 179 Å². The predicted octanol–water partition coefficient (Wildman–Crippen LogP) is 4.40. The van der Waals surface area contributed by atoms with Crippen molar-refractivity contribution in [1.82, 2.24) is 5.43 Å². The van der Waals surface area contributed by atoms with Gasteiger partial charge in [0.15, 0.2) is 6.61 Å². The zero-order chi connectivity index (χ0) is 20.2. The van der Waals surface area contributed by atoms with Crippen LogP contribution in [-0.2, 0) is 4.79 Å². The van der Waals surface area contributed by atoms with Crippen LogP contribution in [0.1, 0.15) is 32.3 Å². The van der Waals surface area contributed by atoms with Crippen LogP contribution in [0, 0.1) is 3.57 Å². The highest BCUT2D eigenvalue weighted by molar-refractivity contribution is 14.1. The summed E-state index contributed by atoms with van der Waals surface area (Å²) in [5.74, 6) is 1.72. The summed E-state index contributed by atoms with van der Waals surface area (Å²) >= 11 is 2.21. The van der Waals surface area contributed by atoms with Crippen molar-refractivity contribution in [2.45, 2.75) is 26.7 Å². The summed E-state index contributed by atoms with van der Waals surface area (Å²) in [4.78, 5) is 11.9. The molecule has 0 fully saturated rings. The van der Waals surface area contributed by atoms with Gasteiger partial charge in [0.2, 0.25) is 0 Å². The van der Waals surface area contributed by atoms with Crippen molar-refractivity contribution in [2.75, 3.05) is 19.8 Å². The Morgan fingerprint density at radius 2 is 1.68 bits per heavy atom. The molecule has 2 aromatic carbocycles. The first-order valence-electron chi connectivity index (χ1n) is 9.22. The predicted molar refractivity (Wildman–Crippen MR) is 118 cm³/mol. The molecule has 0 aliphatic rings. The first-order chi connectivity index (χ1) is 13.6. The first-order valence-corrected chi connectivity index (χ1v) is 10.3. The highest BCUT2D eigenvalue weighted by Gasteiger charge is 2.06. The number of halogens is 1. The second kappa shape index (κ2) is 12.2. The van der Waals surface area contributed by atoms with Crippen molar-refractivity contribution in [3.63, 3.8) is 0 Å². The zero-order valence-electron chi connectivity index (χ0n) is 16.1. The highest BCUT2D eigenvalue weighted by atomic mass is 127. The summed E-state index contributed by atoms with van der Waals surface area (Å²) in [5.41, 5.74) is 3.22. The molecule has 150 valence electrons. The van der Waals surface area contributed by atoms with Gasteiger partial charge in [-0.1, -0.05) is 13.8 Å². The van der Waals surface area contributed by atoms with Gasteiger partial charge in [0.05, 0.1) is 19.4 Å². The van der Waals surface area contributed by atoms with Gasteiger partial charge in [-0.2, -0.15) is 5.10 Å². The monoisotopic (exact) mass is 496 g/mol. The molecule has 1 N–H and O–H groups in total. The summed E-state index contributed by atoms with van der Waals surface area (Å²) in [6.45, 7) is 5.23. The number of hydrogen-bond donors (Lipinski definition) is 1. The largest absolute Gasteiger partial charge is 0.493 e. The van der Waals surface area contributed by atoms with E-state index >= 15 is 0 Å². The highest BCUT2D eigenvalue weighted by Crippen LogP contribution is 2.24. The number of rotatable bonds is 11. The van der Waals surface area contributed by atoms with Crippen molar-refractivity contribution in [3.05, 3.63) is 51.6 Å². The van der Waals surface area contributed by atoms with E-state index < -0.39 is 0 Å². The molecule has 0 atom stereocenters. The summed E-state index contributed by atoms with van der Waals surface area (Å²) in [5, 5.41) is 4.00. The second-order valence-corrected chi connectivity index (χ2v) is 7.18. The Hall–Kier alpha value is -2.29. The molecule has 0 saturated heterocycles. The number of hydrazone groups is 1. The topological polar surface area (TPSA) is 69.2 Å². The van der Waals surface area contributed by atoms with Crippen LogP contribution >= 0.6 is 22.6 Å². The molecular weight excluding hydrogens is 471 g/mol. The fraction of sp³-hybridized carbons (Fsp3) is 0.333. The van der Waals surface area contributed by atoms with Crippen molar-refractivity contribution >= 4 is 34.7 Å². The van der Waals surface area contributed by atoms with E-state index in [2.05, 4.69) is 40.0 Å². The molecule has 0 spiro atoms. The smallest absolute Gasteiger partial charge is 0.277 e. The fourth-order valence-corrected chi connectivity index (χ4v) is 2.51. The van der Waals surface area contributed by atoms with E-state index in [-0.39, 0.29) is 12.5 Å². The maximum absolute atomic E-state index is 11.9. The van der Waals surface area contributed by atoms with E-state index in [4.69, 9.17) is 14.2 Å². The first kappa shape index (κ1) is 22.0. The van der Waals surface area contributed by atoms with Gasteiger partial charge in [-0.3, -0.25) is 4.79 Å². The molecule has 0 aromatic heterocycles.